The number of hydrogen-bond donors (Lipinski definition) is 1. The van der Waals surface area contributed by atoms with Crippen molar-refractivity contribution in [3.63, 3.8) is 0 Å². The molecule has 0 aromatic heterocycles. The number of nitrogens with one attached hydrogen (secondary N) is 1. The van der Waals surface area contributed by atoms with Crippen molar-refractivity contribution in [1.29, 1.82) is 0 Å². The number of hydrogen-bond acceptors (Lipinski definition) is 2. The third-order valence-electron chi connectivity index (χ3n) is 4.58. The number of thioether (sulfide) groups is 1. The maximum atomic E-state index is 3.96. The number of rotatable bonds is 3. The molecular formula is C15H29NS. The predicted molar refractivity (Wildman–Crippen MR) is 78.8 cm³/mol. The van der Waals surface area contributed by atoms with Gasteiger partial charge in [0.05, 0.1) is 0 Å². The molecule has 2 heteroatoms. The fraction of sp³-hybridized carbons (Fsp3) is 1.00. The molecule has 0 bridgehead atoms. The van der Waals surface area contributed by atoms with E-state index in [0.717, 1.165) is 17.3 Å². The highest BCUT2D eigenvalue weighted by atomic mass is 32.2. The van der Waals surface area contributed by atoms with E-state index < -0.39 is 0 Å². The van der Waals surface area contributed by atoms with E-state index in [0.29, 0.717) is 0 Å². The maximum Gasteiger partial charge on any atom is 0.00704 e. The Balaban J connectivity index is 1.68. The quantitative estimate of drug-likeness (QED) is 0.804. The van der Waals surface area contributed by atoms with Gasteiger partial charge in [0, 0.05) is 17.3 Å². The highest BCUT2D eigenvalue weighted by Crippen LogP contribution is 2.28. The summed E-state index contributed by atoms with van der Waals surface area (Å²) < 4.78 is 0. The van der Waals surface area contributed by atoms with Crippen molar-refractivity contribution in [3.05, 3.63) is 0 Å². The van der Waals surface area contributed by atoms with Gasteiger partial charge in [-0.05, 0) is 44.8 Å². The molecule has 0 unspecified atom stereocenters. The summed E-state index contributed by atoms with van der Waals surface area (Å²) in [7, 11) is 0. The van der Waals surface area contributed by atoms with Gasteiger partial charge in [-0.1, -0.05) is 32.1 Å². The monoisotopic (exact) mass is 255 g/mol. The van der Waals surface area contributed by atoms with Crippen LogP contribution in [0.2, 0.25) is 0 Å². The Labute approximate surface area is 112 Å². The predicted octanol–water partition coefficient (Wildman–Crippen LogP) is 4.36. The van der Waals surface area contributed by atoms with Crippen molar-refractivity contribution >= 4 is 11.8 Å². The summed E-state index contributed by atoms with van der Waals surface area (Å²) in [5.41, 5.74) is 0. The molecule has 2 fully saturated rings. The second kappa shape index (κ2) is 7.68. The van der Waals surface area contributed by atoms with Crippen LogP contribution in [-0.4, -0.2) is 23.6 Å². The van der Waals surface area contributed by atoms with E-state index in [-0.39, 0.29) is 0 Å². The fourth-order valence-corrected chi connectivity index (χ4v) is 4.16. The summed E-state index contributed by atoms with van der Waals surface area (Å²) in [6, 6.07) is 1.67. The van der Waals surface area contributed by atoms with Crippen LogP contribution in [0.4, 0.5) is 0 Å². The van der Waals surface area contributed by atoms with Crippen molar-refractivity contribution in [3.8, 4) is 0 Å². The normalized spacial score (nSPS) is 33.0. The summed E-state index contributed by atoms with van der Waals surface area (Å²) in [4.78, 5) is 0. The minimum absolute atomic E-state index is 0.836. The van der Waals surface area contributed by atoms with E-state index >= 15 is 0 Å². The molecule has 2 rings (SSSR count). The molecule has 0 heterocycles. The van der Waals surface area contributed by atoms with Crippen LogP contribution in [0.25, 0.3) is 0 Å². The van der Waals surface area contributed by atoms with Gasteiger partial charge in [0.1, 0.15) is 0 Å². The van der Waals surface area contributed by atoms with Crippen molar-refractivity contribution in [2.24, 2.45) is 0 Å². The van der Waals surface area contributed by atoms with E-state index in [9.17, 15) is 0 Å². The van der Waals surface area contributed by atoms with E-state index in [1.807, 2.05) is 0 Å². The van der Waals surface area contributed by atoms with Gasteiger partial charge >= 0.3 is 0 Å². The van der Waals surface area contributed by atoms with Crippen LogP contribution in [-0.2, 0) is 0 Å². The van der Waals surface area contributed by atoms with E-state index in [4.69, 9.17) is 0 Å². The van der Waals surface area contributed by atoms with Crippen LogP contribution in [0.15, 0.2) is 0 Å². The Kier molecular flexibility index (Phi) is 6.21. The smallest absolute Gasteiger partial charge is 0.00704 e. The Bertz CT molecular complexity index is 191. The van der Waals surface area contributed by atoms with Gasteiger partial charge in [0.15, 0.2) is 0 Å². The SMILES string of the molecule is CSC1CCC(NC2CCCCCCC2)CC1. The minimum atomic E-state index is 0.836. The lowest BCUT2D eigenvalue weighted by atomic mass is 9.91. The molecule has 0 aromatic carbocycles. The minimum Gasteiger partial charge on any atom is -0.311 e. The average Bonchev–Trinajstić information content (AvgIpc) is 2.33. The molecule has 0 radical (unpaired) electrons. The highest BCUT2D eigenvalue weighted by molar-refractivity contribution is 7.99. The van der Waals surface area contributed by atoms with Crippen LogP contribution in [0, 0.1) is 0 Å². The van der Waals surface area contributed by atoms with Crippen LogP contribution in [0.1, 0.15) is 70.6 Å². The van der Waals surface area contributed by atoms with Crippen molar-refractivity contribution in [2.45, 2.75) is 88.0 Å². The Hall–Kier alpha value is 0.310. The molecule has 100 valence electrons. The van der Waals surface area contributed by atoms with Gasteiger partial charge in [0.25, 0.3) is 0 Å². The largest absolute Gasteiger partial charge is 0.311 e. The first-order chi connectivity index (χ1) is 8.38. The Morgan fingerprint density at radius 1 is 0.706 bits per heavy atom. The van der Waals surface area contributed by atoms with Crippen molar-refractivity contribution in [2.75, 3.05) is 6.26 Å². The molecule has 17 heavy (non-hydrogen) atoms. The molecule has 2 saturated carbocycles. The third kappa shape index (κ3) is 4.82. The first-order valence-electron chi connectivity index (χ1n) is 7.67. The summed E-state index contributed by atoms with van der Waals surface area (Å²) in [5, 5.41) is 4.91. The molecular weight excluding hydrogens is 226 g/mol. The van der Waals surface area contributed by atoms with Gasteiger partial charge in [0.2, 0.25) is 0 Å². The zero-order valence-corrected chi connectivity index (χ0v) is 12.2. The maximum absolute atomic E-state index is 3.96. The van der Waals surface area contributed by atoms with Crippen LogP contribution >= 0.6 is 11.8 Å². The standard InChI is InChI=1S/C15H29NS/c1-17-15-11-9-14(10-12-15)16-13-7-5-3-2-4-6-8-13/h13-16H,2-12H2,1H3. The zero-order chi connectivity index (χ0) is 11.9. The van der Waals surface area contributed by atoms with Gasteiger partial charge in [-0.15, -0.1) is 0 Å². The third-order valence-corrected chi connectivity index (χ3v) is 5.72. The van der Waals surface area contributed by atoms with Crippen LogP contribution in [0.3, 0.4) is 0 Å². The van der Waals surface area contributed by atoms with Gasteiger partial charge < -0.3 is 5.32 Å². The lowest BCUT2D eigenvalue weighted by Crippen LogP contribution is -2.41. The van der Waals surface area contributed by atoms with E-state index in [1.165, 1.54) is 70.6 Å². The summed E-state index contributed by atoms with van der Waals surface area (Å²) >= 11 is 2.07. The molecule has 0 spiro atoms. The molecule has 2 aliphatic rings. The summed E-state index contributed by atoms with van der Waals surface area (Å²) in [5.74, 6) is 0. The Morgan fingerprint density at radius 2 is 1.24 bits per heavy atom. The van der Waals surface area contributed by atoms with Crippen LogP contribution in [0.5, 0.6) is 0 Å². The van der Waals surface area contributed by atoms with Gasteiger partial charge in [-0.25, -0.2) is 0 Å². The molecule has 0 saturated heterocycles. The first kappa shape index (κ1) is 13.7. The fourth-order valence-electron chi connectivity index (χ4n) is 3.42. The molecule has 0 amide bonds. The second-order valence-corrected chi connectivity index (χ2v) is 7.06. The van der Waals surface area contributed by atoms with E-state index in [1.54, 1.807) is 0 Å². The van der Waals surface area contributed by atoms with Gasteiger partial charge in [-0.3, -0.25) is 0 Å². The molecule has 0 aromatic rings. The topological polar surface area (TPSA) is 12.0 Å². The lowest BCUT2D eigenvalue weighted by Gasteiger charge is -2.32. The van der Waals surface area contributed by atoms with Crippen LogP contribution < -0.4 is 5.32 Å². The van der Waals surface area contributed by atoms with Crippen molar-refractivity contribution < 1.29 is 0 Å². The van der Waals surface area contributed by atoms with E-state index in [2.05, 4.69) is 23.3 Å². The summed E-state index contributed by atoms with van der Waals surface area (Å²) in [6.45, 7) is 0. The molecule has 0 aliphatic heterocycles. The zero-order valence-electron chi connectivity index (χ0n) is 11.4. The van der Waals surface area contributed by atoms with Crippen molar-refractivity contribution in [1.82, 2.24) is 5.32 Å². The average molecular weight is 255 g/mol. The lowest BCUT2D eigenvalue weighted by molar-refractivity contribution is 0.304. The molecule has 1 N–H and O–H groups in total. The summed E-state index contributed by atoms with van der Waals surface area (Å²) in [6.07, 6.45) is 18.2. The first-order valence-corrected chi connectivity index (χ1v) is 8.96. The highest BCUT2D eigenvalue weighted by Gasteiger charge is 2.22. The molecule has 0 atom stereocenters. The van der Waals surface area contributed by atoms with Gasteiger partial charge in [-0.2, -0.15) is 11.8 Å². The molecule has 2 aliphatic carbocycles. The Morgan fingerprint density at radius 3 is 1.82 bits per heavy atom. The second-order valence-electron chi connectivity index (χ2n) is 5.92. The molecule has 1 nitrogen and oxygen atoms in total.